The molecule has 1 atom stereocenters. The molecule has 3 aromatic rings. The minimum Gasteiger partial charge on any atom is -0.361 e. The van der Waals surface area contributed by atoms with E-state index in [1.54, 1.807) is 4.90 Å². The normalized spacial score (nSPS) is 18.5. The first kappa shape index (κ1) is 21.2. The van der Waals surface area contributed by atoms with E-state index < -0.39 is 5.41 Å². The smallest absolute Gasteiger partial charge is 0.234 e. The van der Waals surface area contributed by atoms with Gasteiger partial charge in [0, 0.05) is 43.4 Å². The molecule has 1 unspecified atom stereocenters. The molecule has 2 aromatic heterocycles. The molecule has 0 bridgehead atoms. The van der Waals surface area contributed by atoms with Crippen molar-refractivity contribution >= 4 is 28.3 Å². The van der Waals surface area contributed by atoms with Crippen LogP contribution >= 0.6 is 11.3 Å². The summed E-state index contributed by atoms with van der Waals surface area (Å²) in [6.45, 7) is 6.55. The second-order valence-corrected chi connectivity index (χ2v) is 9.24. The van der Waals surface area contributed by atoms with Crippen LogP contribution in [0, 0.1) is 5.41 Å². The number of anilines is 1. The van der Waals surface area contributed by atoms with Crippen molar-refractivity contribution in [3.05, 3.63) is 53.2 Å². The lowest BCUT2D eigenvalue weighted by Crippen LogP contribution is -2.41. The number of benzene rings is 1. The number of carbonyl (C=O) groups excluding carboxylic acids is 2. The average Bonchev–Trinajstić information content (AvgIpc) is 3.49. The molecule has 0 saturated carbocycles. The second-order valence-electron chi connectivity index (χ2n) is 8.38. The quantitative estimate of drug-likeness (QED) is 0.618. The Hall–Kier alpha value is -3.00. The van der Waals surface area contributed by atoms with Crippen LogP contribution in [0.4, 0.5) is 5.13 Å². The van der Waals surface area contributed by atoms with Gasteiger partial charge < -0.3 is 14.7 Å². The summed E-state index contributed by atoms with van der Waals surface area (Å²) in [5.41, 5.74) is 1.85. The Balaban J connectivity index is 1.57. The van der Waals surface area contributed by atoms with Gasteiger partial charge in [-0.3, -0.25) is 9.59 Å². The molecule has 31 heavy (non-hydrogen) atoms. The second kappa shape index (κ2) is 8.63. The highest BCUT2D eigenvalue weighted by atomic mass is 32.1. The highest BCUT2D eigenvalue weighted by Crippen LogP contribution is 2.37. The summed E-state index contributed by atoms with van der Waals surface area (Å²) in [4.78, 5) is 31.6. The van der Waals surface area contributed by atoms with E-state index in [9.17, 15) is 9.59 Å². The minimum absolute atomic E-state index is 0.0337. The Morgan fingerprint density at radius 2 is 2.06 bits per heavy atom. The fourth-order valence-corrected chi connectivity index (χ4v) is 4.73. The fraction of sp³-hybridized carbons (Fsp3) is 0.391. The van der Waals surface area contributed by atoms with Crippen LogP contribution in [0.15, 0.2) is 46.3 Å². The molecule has 8 heteroatoms. The van der Waals surface area contributed by atoms with Crippen LogP contribution in [0.25, 0.3) is 11.3 Å². The van der Waals surface area contributed by atoms with Gasteiger partial charge in [0.05, 0.1) is 11.1 Å². The SMILES string of the molecule is CC(=O)N1CCC(Cc2cc(-c3ccccc3)no2)(C(=O)Nc2nc(C(C)C)cs2)C1. The zero-order valence-electron chi connectivity index (χ0n) is 17.9. The van der Waals surface area contributed by atoms with Crippen LogP contribution in [0.1, 0.15) is 44.6 Å². The number of amides is 2. The van der Waals surface area contributed by atoms with Gasteiger partial charge in [-0.25, -0.2) is 4.98 Å². The van der Waals surface area contributed by atoms with Crippen LogP contribution in [0.5, 0.6) is 0 Å². The Morgan fingerprint density at radius 1 is 1.29 bits per heavy atom. The molecule has 0 radical (unpaired) electrons. The first-order valence-electron chi connectivity index (χ1n) is 10.4. The van der Waals surface area contributed by atoms with E-state index in [1.807, 2.05) is 41.8 Å². The van der Waals surface area contributed by atoms with Crippen molar-refractivity contribution in [1.29, 1.82) is 0 Å². The molecule has 4 rings (SSSR count). The van der Waals surface area contributed by atoms with Gasteiger partial charge >= 0.3 is 0 Å². The lowest BCUT2D eigenvalue weighted by molar-refractivity contribution is -0.129. The Kier molecular flexibility index (Phi) is 5.91. The zero-order chi connectivity index (χ0) is 22.0. The third kappa shape index (κ3) is 4.54. The first-order chi connectivity index (χ1) is 14.9. The number of hydrogen-bond acceptors (Lipinski definition) is 6. The van der Waals surface area contributed by atoms with Gasteiger partial charge in [-0.2, -0.15) is 0 Å². The van der Waals surface area contributed by atoms with E-state index in [4.69, 9.17) is 4.52 Å². The van der Waals surface area contributed by atoms with Crippen molar-refractivity contribution in [1.82, 2.24) is 15.0 Å². The van der Waals surface area contributed by atoms with E-state index >= 15 is 0 Å². The minimum atomic E-state index is -0.789. The van der Waals surface area contributed by atoms with Gasteiger partial charge in [-0.05, 0) is 12.3 Å². The van der Waals surface area contributed by atoms with Crippen LogP contribution in [0.2, 0.25) is 0 Å². The predicted octanol–water partition coefficient (Wildman–Crippen LogP) is 4.34. The number of hydrogen-bond donors (Lipinski definition) is 1. The summed E-state index contributed by atoms with van der Waals surface area (Å²) < 4.78 is 5.59. The molecule has 162 valence electrons. The van der Waals surface area contributed by atoms with Crippen LogP contribution in [-0.4, -0.2) is 39.9 Å². The van der Waals surface area contributed by atoms with Gasteiger partial charge in [0.2, 0.25) is 11.8 Å². The largest absolute Gasteiger partial charge is 0.361 e. The number of nitrogens with one attached hydrogen (secondary N) is 1. The van der Waals surface area contributed by atoms with Crippen molar-refractivity contribution in [2.24, 2.45) is 5.41 Å². The molecule has 7 nitrogen and oxygen atoms in total. The predicted molar refractivity (Wildman–Crippen MR) is 120 cm³/mol. The lowest BCUT2D eigenvalue weighted by Gasteiger charge is -2.26. The molecule has 1 fully saturated rings. The Bertz CT molecular complexity index is 1080. The summed E-state index contributed by atoms with van der Waals surface area (Å²) in [5.74, 6) is 0.745. The summed E-state index contributed by atoms with van der Waals surface area (Å²) in [6, 6.07) is 11.6. The third-order valence-corrected chi connectivity index (χ3v) is 6.53. The molecule has 1 saturated heterocycles. The molecule has 1 aliphatic heterocycles. The van der Waals surface area contributed by atoms with Crippen LogP contribution < -0.4 is 5.32 Å². The first-order valence-corrected chi connectivity index (χ1v) is 11.3. The monoisotopic (exact) mass is 438 g/mol. The number of likely N-dealkylation sites (tertiary alicyclic amines) is 1. The molecule has 0 aliphatic carbocycles. The molecule has 1 aromatic carbocycles. The van der Waals surface area contributed by atoms with Crippen molar-refractivity contribution < 1.29 is 14.1 Å². The van der Waals surface area contributed by atoms with Gasteiger partial charge in [-0.1, -0.05) is 49.3 Å². The Labute approximate surface area is 185 Å². The topological polar surface area (TPSA) is 88.3 Å². The van der Waals surface area contributed by atoms with Crippen molar-refractivity contribution in [3.8, 4) is 11.3 Å². The summed E-state index contributed by atoms with van der Waals surface area (Å²) >= 11 is 1.42. The lowest BCUT2D eigenvalue weighted by atomic mass is 9.81. The van der Waals surface area contributed by atoms with Crippen molar-refractivity contribution in [2.75, 3.05) is 18.4 Å². The molecule has 2 amide bonds. The summed E-state index contributed by atoms with van der Waals surface area (Å²) in [5, 5.41) is 9.71. The van der Waals surface area contributed by atoms with Gasteiger partial charge in [0.15, 0.2) is 5.13 Å². The van der Waals surface area contributed by atoms with Gasteiger partial charge in [0.1, 0.15) is 11.5 Å². The maximum Gasteiger partial charge on any atom is 0.234 e. The Morgan fingerprint density at radius 3 is 2.71 bits per heavy atom. The zero-order valence-corrected chi connectivity index (χ0v) is 18.7. The average molecular weight is 439 g/mol. The molecule has 0 spiro atoms. The number of nitrogens with zero attached hydrogens (tertiary/aromatic N) is 3. The number of rotatable bonds is 6. The highest BCUT2D eigenvalue weighted by molar-refractivity contribution is 7.13. The van der Waals surface area contributed by atoms with E-state index in [0.717, 1.165) is 17.0 Å². The third-order valence-electron chi connectivity index (χ3n) is 5.76. The highest BCUT2D eigenvalue weighted by Gasteiger charge is 2.46. The van der Waals surface area contributed by atoms with E-state index in [-0.39, 0.29) is 11.8 Å². The van der Waals surface area contributed by atoms with Crippen molar-refractivity contribution in [3.63, 3.8) is 0 Å². The number of thiazole rings is 1. The molecule has 1 aliphatic rings. The number of carbonyl (C=O) groups is 2. The molecular formula is C23H26N4O3S. The van der Waals surface area contributed by atoms with E-state index in [2.05, 4.69) is 29.3 Å². The van der Waals surface area contributed by atoms with E-state index in [1.165, 1.54) is 18.3 Å². The molecular weight excluding hydrogens is 412 g/mol. The van der Waals surface area contributed by atoms with Crippen LogP contribution in [-0.2, 0) is 16.0 Å². The fourth-order valence-electron chi connectivity index (χ4n) is 3.86. The van der Waals surface area contributed by atoms with E-state index in [0.29, 0.717) is 42.7 Å². The molecule has 1 N–H and O–H groups in total. The van der Waals surface area contributed by atoms with Gasteiger partial charge in [-0.15, -0.1) is 11.3 Å². The van der Waals surface area contributed by atoms with Crippen LogP contribution in [0.3, 0.4) is 0 Å². The number of aromatic nitrogens is 2. The van der Waals surface area contributed by atoms with Crippen molar-refractivity contribution in [2.45, 2.75) is 39.5 Å². The maximum atomic E-state index is 13.4. The maximum absolute atomic E-state index is 13.4. The summed E-state index contributed by atoms with van der Waals surface area (Å²) in [7, 11) is 0. The standard InChI is InChI=1S/C23H26N4O3S/c1-15(2)20-13-31-22(24-20)25-21(29)23(9-10-27(14-23)16(3)28)12-18-11-19(26-30-18)17-7-5-4-6-8-17/h4-8,11,13,15H,9-10,12,14H2,1-3H3,(H,24,25,29). The summed E-state index contributed by atoms with van der Waals surface area (Å²) in [6.07, 6.45) is 0.924. The molecule has 3 heterocycles. The van der Waals surface area contributed by atoms with Gasteiger partial charge in [0.25, 0.3) is 0 Å².